The molecule has 0 saturated carbocycles. The fourth-order valence-corrected chi connectivity index (χ4v) is 1.82. The summed E-state index contributed by atoms with van der Waals surface area (Å²) >= 11 is 3.51. The van der Waals surface area contributed by atoms with E-state index in [2.05, 4.69) is 32.8 Å². The molecular weight excluding hydrogens is 256 g/mol. The Morgan fingerprint density at radius 3 is 2.60 bits per heavy atom. The maximum atomic E-state index is 5.07. The van der Waals surface area contributed by atoms with Crippen molar-refractivity contribution in [2.24, 2.45) is 0 Å². The average Bonchev–Trinajstić information content (AvgIpc) is 2.25. The summed E-state index contributed by atoms with van der Waals surface area (Å²) in [7, 11) is 1.60. The number of hydrogen-bond donors (Lipinski definition) is 0. The van der Waals surface area contributed by atoms with E-state index in [0.717, 1.165) is 26.8 Å². The van der Waals surface area contributed by atoms with Gasteiger partial charge in [-0.1, -0.05) is 0 Å². The van der Waals surface area contributed by atoms with Crippen molar-refractivity contribution in [3.05, 3.63) is 27.9 Å². The molecule has 0 fully saturated rings. The van der Waals surface area contributed by atoms with Crippen molar-refractivity contribution in [3.63, 3.8) is 0 Å². The second kappa shape index (κ2) is 3.77. The van der Waals surface area contributed by atoms with Crippen molar-refractivity contribution < 1.29 is 4.74 Å². The standard InChI is InChI=1S/C11H11BrN2O/c1-6-8-4-5-9(15-3)14-11(8)13-7(2)10(6)12/h4-5H,1-3H3. The van der Waals surface area contributed by atoms with Crippen LogP contribution < -0.4 is 4.74 Å². The Morgan fingerprint density at radius 1 is 1.20 bits per heavy atom. The van der Waals surface area contributed by atoms with Crippen LogP contribution in [-0.4, -0.2) is 17.1 Å². The van der Waals surface area contributed by atoms with Crippen LogP contribution in [0.2, 0.25) is 0 Å². The van der Waals surface area contributed by atoms with Crippen molar-refractivity contribution in [2.45, 2.75) is 13.8 Å². The zero-order chi connectivity index (χ0) is 11.0. The predicted molar refractivity (Wildman–Crippen MR) is 63.3 cm³/mol. The lowest BCUT2D eigenvalue weighted by Crippen LogP contribution is -1.95. The maximum Gasteiger partial charge on any atom is 0.215 e. The smallest absolute Gasteiger partial charge is 0.215 e. The molecule has 0 aliphatic carbocycles. The molecule has 0 saturated heterocycles. The molecule has 0 amide bonds. The van der Waals surface area contributed by atoms with Crippen molar-refractivity contribution in [1.29, 1.82) is 0 Å². The number of fused-ring (bicyclic) bond motifs is 1. The number of aromatic nitrogens is 2. The highest BCUT2D eigenvalue weighted by Gasteiger charge is 2.08. The molecule has 2 rings (SSSR count). The number of halogens is 1. The van der Waals surface area contributed by atoms with Gasteiger partial charge in [-0.25, -0.2) is 4.98 Å². The Kier molecular flexibility index (Phi) is 2.61. The lowest BCUT2D eigenvalue weighted by molar-refractivity contribution is 0.399. The fourth-order valence-electron chi connectivity index (χ4n) is 1.52. The van der Waals surface area contributed by atoms with Gasteiger partial charge < -0.3 is 4.74 Å². The third-order valence-corrected chi connectivity index (χ3v) is 3.55. The third-order valence-electron chi connectivity index (χ3n) is 2.38. The summed E-state index contributed by atoms with van der Waals surface area (Å²) in [5.74, 6) is 0.594. The molecule has 0 radical (unpaired) electrons. The van der Waals surface area contributed by atoms with Gasteiger partial charge in [0.2, 0.25) is 5.88 Å². The first kappa shape index (κ1) is 10.4. The lowest BCUT2D eigenvalue weighted by atomic mass is 10.1. The minimum Gasteiger partial charge on any atom is -0.481 e. The van der Waals surface area contributed by atoms with Crippen LogP contribution in [0.25, 0.3) is 11.0 Å². The van der Waals surface area contributed by atoms with Gasteiger partial charge in [-0.3, -0.25) is 0 Å². The van der Waals surface area contributed by atoms with Crippen LogP contribution in [0.3, 0.4) is 0 Å². The highest BCUT2D eigenvalue weighted by Crippen LogP contribution is 2.27. The largest absolute Gasteiger partial charge is 0.481 e. The van der Waals surface area contributed by atoms with Gasteiger partial charge in [0, 0.05) is 15.9 Å². The molecule has 2 aromatic rings. The van der Waals surface area contributed by atoms with Crippen LogP contribution >= 0.6 is 15.9 Å². The van der Waals surface area contributed by atoms with E-state index in [1.807, 2.05) is 19.1 Å². The van der Waals surface area contributed by atoms with Crippen molar-refractivity contribution >= 4 is 27.0 Å². The molecule has 0 N–H and O–H groups in total. The minimum absolute atomic E-state index is 0.594. The molecule has 0 aliphatic heterocycles. The first-order chi connectivity index (χ1) is 7.13. The van der Waals surface area contributed by atoms with E-state index >= 15 is 0 Å². The van der Waals surface area contributed by atoms with Crippen LogP contribution in [0.1, 0.15) is 11.3 Å². The Morgan fingerprint density at radius 2 is 1.93 bits per heavy atom. The van der Waals surface area contributed by atoms with Gasteiger partial charge in [-0.2, -0.15) is 4.98 Å². The Hall–Kier alpha value is -1.16. The number of pyridine rings is 2. The second-order valence-electron chi connectivity index (χ2n) is 3.36. The van der Waals surface area contributed by atoms with Crippen molar-refractivity contribution in [3.8, 4) is 5.88 Å². The first-order valence-electron chi connectivity index (χ1n) is 4.61. The van der Waals surface area contributed by atoms with Crippen LogP contribution in [0.15, 0.2) is 16.6 Å². The van der Waals surface area contributed by atoms with E-state index in [1.54, 1.807) is 7.11 Å². The van der Waals surface area contributed by atoms with Crippen LogP contribution in [0.5, 0.6) is 5.88 Å². The van der Waals surface area contributed by atoms with Crippen LogP contribution in [-0.2, 0) is 0 Å². The molecule has 0 aromatic carbocycles. The van der Waals surface area contributed by atoms with E-state index in [4.69, 9.17) is 4.74 Å². The number of hydrogen-bond acceptors (Lipinski definition) is 3. The Balaban J connectivity index is 2.80. The molecule has 4 heteroatoms. The zero-order valence-corrected chi connectivity index (χ0v) is 10.4. The molecule has 2 heterocycles. The molecule has 0 atom stereocenters. The van der Waals surface area contributed by atoms with E-state index in [9.17, 15) is 0 Å². The number of nitrogens with zero attached hydrogens (tertiary/aromatic N) is 2. The summed E-state index contributed by atoms with van der Waals surface area (Å²) < 4.78 is 6.11. The summed E-state index contributed by atoms with van der Waals surface area (Å²) in [6.07, 6.45) is 0. The molecule has 0 spiro atoms. The Labute approximate surface area is 96.6 Å². The SMILES string of the molecule is COc1ccc2c(C)c(Br)c(C)nc2n1. The molecule has 15 heavy (non-hydrogen) atoms. The van der Waals surface area contributed by atoms with Gasteiger partial charge in [0.1, 0.15) is 0 Å². The van der Waals surface area contributed by atoms with Crippen molar-refractivity contribution in [2.75, 3.05) is 7.11 Å². The van der Waals surface area contributed by atoms with Crippen LogP contribution in [0.4, 0.5) is 0 Å². The third kappa shape index (κ3) is 1.69. The summed E-state index contributed by atoms with van der Waals surface area (Å²) in [5.41, 5.74) is 2.83. The van der Waals surface area contributed by atoms with E-state index in [-0.39, 0.29) is 0 Å². The van der Waals surface area contributed by atoms with Gasteiger partial charge in [-0.15, -0.1) is 0 Å². The average molecular weight is 267 g/mol. The zero-order valence-electron chi connectivity index (χ0n) is 8.84. The van der Waals surface area contributed by atoms with Gasteiger partial charge in [0.25, 0.3) is 0 Å². The number of ether oxygens (including phenoxy) is 1. The van der Waals surface area contributed by atoms with Crippen LogP contribution in [0, 0.1) is 13.8 Å². The number of aryl methyl sites for hydroxylation is 2. The van der Waals surface area contributed by atoms with Crippen molar-refractivity contribution in [1.82, 2.24) is 9.97 Å². The van der Waals surface area contributed by atoms with E-state index in [1.165, 1.54) is 0 Å². The molecule has 0 bridgehead atoms. The second-order valence-corrected chi connectivity index (χ2v) is 4.15. The van der Waals surface area contributed by atoms with Gasteiger partial charge in [-0.05, 0) is 41.4 Å². The fraction of sp³-hybridized carbons (Fsp3) is 0.273. The summed E-state index contributed by atoms with van der Waals surface area (Å²) in [6.45, 7) is 4.01. The molecule has 2 aromatic heterocycles. The van der Waals surface area contributed by atoms with Gasteiger partial charge >= 0.3 is 0 Å². The molecule has 78 valence electrons. The normalized spacial score (nSPS) is 10.7. The van der Waals surface area contributed by atoms with Gasteiger partial charge in [0.15, 0.2) is 5.65 Å². The lowest BCUT2D eigenvalue weighted by Gasteiger charge is -2.07. The molecular formula is C11H11BrN2O. The first-order valence-corrected chi connectivity index (χ1v) is 5.40. The monoisotopic (exact) mass is 266 g/mol. The minimum atomic E-state index is 0.594. The van der Waals surface area contributed by atoms with E-state index < -0.39 is 0 Å². The number of methoxy groups -OCH3 is 1. The quantitative estimate of drug-likeness (QED) is 0.796. The number of rotatable bonds is 1. The molecule has 0 unspecified atom stereocenters. The molecule has 0 aliphatic rings. The van der Waals surface area contributed by atoms with Gasteiger partial charge in [0.05, 0.1) is 12.8 Å². The topological polar surface area (TPSA) is 35.0 Å². The summed E-state index contributed by atoms with van der Waals surface area (Å²) in [4.78, 5) is 8.71. The predicted octanol–water partition coefficient (Wildman–Crippen LogP) is 3.02. The summed E-state index contributed by atoms with van der Waals surface area (Å²) in [5, 5.41) is 1.05. The molecule has 3 nitrogen and oxygen atoms in total. The highest BCUT2D eigenvalue weighted by atomic mass is 79.9. The maximum absolute atomic E-state index is 5.07. The van der Waals surface area contributed by atoms with E-state index in [0.29, 0.717) is 5.88 Å². The summed E-state index contributed by atoms with van der Waals surface area (Å²) in [6, 6.07) is 3.83. The highest BCUT2D eigenvalue weighted by molar-refractivity contribution is 9.10. The Bertz CT molecular complexity index is 525.